The molecule has 0 saturated carbocycles. The highest BCUT2D eigenvalue weighted by molar-refractivity contribution is 8.04. The summed E-state index contributed by atoms with van der Waals surface area (Å²) in [5.41, 5.74) is 7.01. The maximum Gasteiger partial charge on any atom is 0.0930 e. The number of hydrogen-bond donors (Lipinski definition) is 2. The number of nitrogens with one attached hydrogen (secondary N) is 2. The third kappa shape index (κ3) is 6.50. The number of rotatable bonds is 10. The van der Waals surface area contributed by atoms with Gasteiger partial charge >= 0.3 is 0 Å². The van der Waals surface area contributed by atoms with Gasteiger partial charge in [0.15, 0.2) is 0 Å². The van der Waals surface area contributed by atoms with Crippen LogP contribution in [-0.2, 0) is 0 Å². The van der Waals surface area contributed by atoms with Gasteiger partial charge in [0, 0.05) is 12.0 Å². The minimum atomic E-state index is 0.224. The summed E-state index contributed by atoms with van der Waals surface area (Å²) in [5.74, 6) is 0. The molecule has 2 unspecified atom stereocenters. The minimum Gasteiger partial charge on any atom is -0.306 e. The number of para-hydroxylation sites is 2. The van der Waals surface area contributed by atoms with Crippen LogP contribution in [0.3, 0.4) is 0 Å². The second kappa shape index (κ2) is 12.6. The van der Waals surface area contributed by atoms with E-state index >= 15 is 0 Å². The molecular weight excluding hydrogens is 468 g/mol. The Balaban J connectivity index is 1.80. The lowest BCUT2D eigenvalue weighted by Crippen LogP contribution is -2.37. The van der Waals surface area contributed by atoms with Crippen LogP contribution in [0.15, 0.2) is 83.9 Å². The van der Waals surface area contributed by atoms with Crippen LogP contribution in [-0.4, -0.2) is 34.9 Å². The van der Waals surface area contributed by atoms with Crippen LogP contribution in [0.25, 0.3) is 11.1 Å². The van der Waals surface area contributed by atoms with Crippen LogP contribution in [0, 0.1) is 0 Å². The molecule has 35 heavy (non-hydrogen) atoms. The first-order chi connectivity index (χ1) is 17.1. The van der Waals surface area contributed by atoms with Crippen molar-refractivity contribution >= 4 is 40.8 Å². The van der Waals surface area contributed by atoms with Gasteiger partial charge in [0.2, 0.25) is 0 Å². The molecule has 0 radical (unpaired) electrons. The Kier molecular flexibility index (Phi) is 9.32. The molecule has 1 aliphatic heterocycles. The van der Waals surface area contributed by atoms with Crippen molar-refractivity contribution in [3.63, 3.8) is 0 Å². The molecule has 1 heterocycles. The largest absolute Gasteiger partial charge is 0.306 e. The molecule has 6 heteroatoms. The first kappa shape index (κ1) is 25.8. The summed E-state index contributed by atoms with van der Waals surface area (Å²) in [7, 11) is 0. The van der Waals surface area contributed by atoms with Crippen molar-refractivity contribution < 1.29 is 0 Å². The van der Waals surface area contributed by atoms with Crippen LogP contribution in [0.2, 0.25) is 0 Å². The molecule has 4 rings (SSSR count). The van der Waals surface area contributed by atoms with E-state index in [1.807, 2.05) is 23.7 Å². The number of thioether (sulfide) groups is 1. The summed E-state index contributed by atoms with van der Waals surface area (Å²) < 4.78 is 2.49. The molecular formula is C29H36N4S2. The number of fused-ring (bicyclic) bond motifs is 1. The maximum absolute atomic E-state index is 5.31. The average molecular weight is 505 g/mol. The van der Waals surface area contributed by atoms with E-state index in [1.54, 1.807) is 0 Å². The molecule has 0 amide bonds. The van der Waals surface area contributed by atoms with Gasteiger partial charge in [0.1, 0.15) is 0 Å². The zero-order valence-corrected chi connectivity index (χ0v) is 22.7. The first-order valence-corrected chi connectivity index (χ1v) is 14.3. The van der Waals surface area contributed by atoms with Gasteiger partial charge in [-0.2, -0.15) is 0 Å². The van der Waals surface area contributed by atoms with E-state index in [2.05, 4.69) is 121 Å². The molecule has 0 aromatic heterocycles. The Morgan fingerprint density at radius 2 is 1.46 bits per heavy atom. The highest BCUT2D eigenvalue weighted by Gasteiger charge is 2.31. The molecule has 4 nitrogen and oxygen atoms in total. The van der Waals surface area contributed by atoms with Crippen LogP contribution in [0.5, 0.6) is 0 Å². The fourth-order valence-electron chi connectivity index (χ4n) is 4.41. The second-order valence-electron chi connectivity index (χ2n) is 8.58. The summed E-state index contributed by atoms with van der Waals surface area (Å²) in [6.07, 6.45) is 0.852. The lowest BCUT2D eigenvalue weighted by atomic mass is 9.95. The Morgan fingerprint density at radius 1 is 0.829 bits per heavy atom. The van der Waals surface area contributed by atoms with Crippen molar-refractivity contribution in [2.75, 3.05) is 17.4 Å². The Hall–Kier alpha value is -2.25. The number of aliphatic imine (C=N–C) groups is 1. The Labute approximate surface area is 219 Å². The second-order valence-corrected chi connectivity index (χ2v) is 11.4. The first-order valence-electron chi connectivity index (χ1n) is 12.5. The van der Waals surface area contributed by atoms with Gasteiger partial charge in [-0.25, -0.2) is 0 Å². The number of benzene rings is 3. The predicted molar refractivity (Wildman–Crippen MR) is 157 cm³/mol. The van der Waals surface area contributed by atoms with Gasteiger partial charge in [-0.15, -0.1) is 11.8 Å². The van der Waals surface area contributed by atoms with Crippen molar-refractivity contribution in [3.8, 4) is 11.1 Å². The quantitative estimate of drug-likeness (QED) is 0.224. The van der Waals surface area contributed by atoms with E-state index in [0.717, 1.165) is 30.9 Å². The maximum atomic E-state index is 5.31. The molecule has 0 saturated heterocycles. The summed E-state index contributed by atoms with van der Waals surface area (Å²) in [6.45, 7) is 10.7. The SMILES string of the molecule is CCNC(C)S[C@@H]1CC(c2ccccc2-c2ccccc2)=Nc2ccccc2N1SC(C)NCC. The minimum absolute atomic E-state index is 0.224. The van der Waals surface area contributed by atoms with Crippen LogP contribution >= 0.6 is 23.7 Å². The molecule has 3 atom stereocenters. The standard InChI is InChI=1S/C29H36N4S2/c1-5-30-21(3)34-29-20-27(25-17-11-10-16-24(25)23-14-8-7-9-15-23)32-26-18-12-13-19-28(26)33(29)35-22(4)31-6-2/h7-19,21-22,29-31H,5-6,20H2,1-4H3/t21?,22?,29-/m1/s1. The monoisotopic (exact) mass is 504 g/mol. The van der Waals surface area contributed by atoms with Crippen molar-refractivity contribution in [3.05, 3.63) is 84.4 Å². The van der Waals surface area contributed by atoms with E-state index in [9.17, 15) is 0 Å². The topological polar surface area (TPSA) is 39.7 Å². The molecule has 2 N–H and O–H groups in total. The van der Waals surface area contributed by atoms with Crippen molar-refractivity contribution in [2.45, 2.75) is 50.2 Å². The van der Waals surface area contributed by atoms with Gasteiger partial charge in [-0.3, -0.25) is 9.30 Å². The average Bonchev–Trinajstić information content (AvgIpc) is 3.02. The third-order valence-corrected chi connectivity index (χ3v) is 8.50. The van der Waals surface area contributed by atoms with Crippen LogP contribution < -0.4 is 14.9 Å². The van der Waals surface area contributed by atoms with E-state index in [4.69, 9.17) is 4.99 Å². The molecule has 184 valence electrons. The van der Waals surface area contributed by atoms with E-state index in [0.29, 0.717) is 10.7 Å². The molecule has 0 aliphatic carbocycles. The molecule has 0 bridgehead atoms. The molecule has 3 aromatic rings. The molecule has 0 spiro atoms. The zero-order chi connectivity index (χ0) is 24.6. The molecule has 1 aliphatic rings. The van der Waals surface area contributed by atoms with E-state index in [1.165, 1.54) is 22.4 Å². The molecule has 0 fully saturated rings. The Bertz CT molecular complexity index is 1120. The van der Waals surface area contributed by atoms with Crippen LogP contribution in [0.4, 0.5) is 11.4 Å². The van der Waals surface area contributed by atoms with E-state index < -0.39 is 0 Å². The zero-order valence-electron chi connectivity index (χ0n) is 21.1. The highest BCUT2D eigenvalue weighted by atomic mass is 32.2. The fraction of sp³-hybridized carbons (Fsp3) is 0.345. The third-order valence-electron chi connectivity index (χ3n) is 5.94. The number of anilines is 1. The normalized spacial score (nSPS) is 17.3. The Morgan fingerprint density at radius 3 is 2.20 bits per heavy atom. The summed E-state index contributed by atoms with van der Waals surface area (Å²) in [6, 6.07) is 27.9. The van der Waals surface area contributed by atoms with Crippen molar-refractivity contribution in [1.29, 1.82) is 0 Å². The summed E-state index contributed by atoms with van der Waals surface area (Å²) in [4.78, 5) is 5.31. The summed E-state index contributed by atoms with van der Waals surface area (Å²) in [5, 5.41) is 8.03. The predicted octanol–water partition coefficient (Wildman–Crippen LogP) is 7.30. The van der Waals surface area contributed by atoms with Gasteiger partial charge < -0.3 is 10.6 Å². The van der Waals surface area contributed by atoms with E-state index in [-0.39, 0.29) is 5.37 Å². The molecule has 3 aromatic carbocycles. The summed E-state index contributed by atoms with van der Waals surface area (Å²) >= 11 is 3.84. The lowest BCUT2D eigenvalue weighted by Gasteiger charge is -2.35. The van der Waals surface area contributed by atoms with Crippen LogP contribution in [0.1, 0.15) is 39.7 Å². The number of nitrogens with zero attached hydrogens (tertiary/aromatic N) is 2. The fourth-order valence-corrected chi connectivity index (χ4v) is 6.98. The van der Waals surface area contributed by atoms with Gasteiger partial charge in [0.25, 0.3) is 0 Å². The highest BCUT2D eigenvalue weighted by Crippen LogP contribution is 2.44. The van der Waals surface area contributed by atoms with Gasteiger partial charge in [-0.1, -0.05) is 80.6 Å². The smallest absolute Gasteiger partial charge is 0.0930 e. The lowest BCUT2D eigenvalue weighted by molar-refractivity contribution is 0.711. The van der Waals surface area contributed by atoms with Gasteiger partial charge in [0.05, 0.1) is 33.2 Å². The van der Waals surface area contributed by atoms with Crippen molar-refractivity contribution in [2.24, 2.45) is 4.99 Å². The number of hydrogen-bond acceptors (Lipinski definition) is 6. The van der Waals surface area contributed by atoms with Crippen molar-refractivity contribution in [1.82, 2.24) is 10.6 Å². The van der Waals surface area contributed by atoms with Gasteiger partial charge in [-0.05, 0) is 62.1 Å².